The number of halogens is 3. The van der Waals surface area contributed by atoms with Gasteiger partial charge in [0.25, 0.3) is 5.91 Å². The predicted octanol–water partition coefficient (Wildman–Crippen LogP) is 2.86. The molecule has 1 atom stereocenters. The van der Waals surface area contributed by atoms with E-state index in [0.717, 1.165) is 36.9 Å². The first-order valence-corrected chi connectivity index (χ1v) is 7.37. The van der Waals surface area contributed by atoms with Gasteiger partial charge in [0.1, 0.15) is 5.25 Å². The summed E-state index contributed by atoms with van der Waals surface area (Å²) in [6.07, 6.45) is 0.0639. The number of amidine groups is 1. The lowest BCUT2D eigenvalue weighted by atomic mass is 9.94. The second kappa shape index (κ2) is 4.40. The zero-order chi connectivity index (χ0) is 13.7. The van der Waals surface area contributed by atoms with E-state index in [-0.39, 0.29) is 5.54 Å². The van der Waals surface area contributed by atoms with Gasteiger partial charge in [-0.15, -0.1) is 0 Å². The molecule has 1 unspecified atom stereocenters. The number of amides is 1. The number of carbonyl (C=O) groups is 1. The Hall–Kier alpha value is -0.720. The summed E-state index contributed by atoms with van der Waals surface area (Å²) >= 11 is 0.934. The lowest BCUT2D eigenvalue weighted by molar-refractivity contribution is -0.141. The average Bonchev–Trinajstić information content (AvgIpc) is 2.93. The van der Waals surface area contributed by atoms with E-state index in [9.17, 15) is 18.0 Å². The minimum Gasteiger partial charge on any atom is -0.359 e. The van der Waals surface area contributed by atoms with Crippen molar-refractivity contribution in [1.29, 1.82) is 0 Å². The van der Waals surface area contributed by atoms with Crippen LogP contribution in [0.15, 0.2) is 4.99 Å². The van der Waals surface area contributed by atoms with E-state index >= 15 is 0 Å². The van der Waals surface area contributed by atoms with Crippen LogP contribution in [-0.2, 0) is 4.79 Å². The van der Waals surface area contributed by atoms with Gasteiger partial charge in [-0.05, 0) is 38.0 Å². The molecule has 2 aliphatic carbocycles. The number of hydrogen-bond acceptors (Lipinski definition) is 3. The van der Waals surface area contributed by atoms with Crippen molar-refractivity contribution in [2.75, 3.05) is 0 Å². The maximum atomic E-state index is 12.3. The number of aliphatic imine (C=N–C) groups is 1. The molecule has 3 nitrogen and oxygen atoms in total. The minimum atomic E-state index is -4.32. The first-order chi connectivity index (χ1) is 8.85. The van der Waals surface area contributed by atoms with Gasteiger partial charge in [0.2, 0.25) is 0 Å². The van der Waals surface area contributed by atoms with E-state index < -0.39 is 23.8 Å². The highest BCUT2D eigenvalue weighted by Gasteiger charge is 2.47. The summed E-state index contributed by atoms with van der Waals surface area (Å²) in [5, 5.41) is 2.54. The van der Waals surface area contributed by atoms with Crippen LogP contribution in [0.2, 0.25) is 0 Å². The molecule has 1 N–H and O–H groups in total. The number of alkyl halides is 3. The molecular weight excluding hydrogens is 277 g/mol. The quantitative estimate of drug-likeness (QED) is 0.851. The van der Waals surface area contributed by atoms with E-state index in [1.54, 1.807) is 0 Å². The maximum Gasteiger partial charge on any atom is 0.390 e. The first kappa shape index (κ1) is 13.3. The van der Waals surface area contributed by atoms with Crippen LogP contribution in [0, 0.1) is 5.92 Å². The third-order valence-corrected chi connectivity index (χ3v) is 5.34. The second-order valence-electron chi connectivity index (χ2n) is 5.73. The van der Waals surface area contributed by atoms with Gasteiger partial charge in [-0.3, -0.25) is 4.79 Å². The number of fused-ring (bicyclic) bond motifs is 2. The predicted molar refractivity (Wildman–Crippen MR) is 66.9 cm³/mol. The lowest BCUT2D eigenvalue weighted by Crippen LogP contribution is -2.43. The van der Waals surface area contributed by atoms with E-state index in [1.807, 2.05) is 0 Å². The molecule has 0 saturated heterocycles. The van der Waals surface area contributed by atoms with Gasteiger partial charge >= 0.3 is 6.18 Å². The number of nitrogens with one attached hydrogen (secondary N) is 1. The summed E-state index contributed by atoms with van der Waals surface area (Å²) in [5.74, 6) is 0.0787. The first-order valence-electron chi connectivity index (χ1n) is 6.49. The summed E-state index contributed by atoms with van der Waals surface area (Å²) in [6, 6.07) is 0. The summed E-state index contributed by atoms with van der Waals surface area (Å²) in [6.45, 7) is 0. The van der Waals surface area contributed by atoms with Crippen LogP contribution in [0.3, 0.4) is 0 Å². The SMILES string of the molecule is O=C1N=C(NC23CCC(CC2)C3)SC1CC(F)(F)F. The van der Waals surface area contributed by atoms with Crippen molar-refractivity contribution >= 4 is 22.8 Å². The topological polar surface area (TPSA) is 41.5 Å². The molecule has 0 aromatic heterocycles. The third kappa shape index (κ3) is 2.75. The number of hydrogen-bond donors (Lipinski definition) is 1. The Morgan fingerprint density at radius 3 is 2.58 bits per heavy atom. The molecule has 2 saturated carbocycles. The molecule has 1 heterocycles. The number of carbonyl (C=O) groups excluding carboxylic acids is 1. The van der Waals surface area contributed by atoms with Crippen molar-refractivity contribution in [1.82, 2.24) is 5.32 Å². The van der Waals surface area contributed by atoms with Crippen LogP contribution in [0.25, 0.3) is 0 Å². The average molecular weight is 292 g/mol. The van der Waals surface area contributed by atoms with E-state index in [2.05, 4.69) is 10.3 Å². The van der Waals surface area contributed by atoms with Crippen LogP contribution < -0.4 is 5.32 Å². The molecule has 0 aromatic rings. The standard InChI is InChI=1S/C12H15F3N2OS/c13-12(14,15)6-8-9(18)16-10(19-8)17-11-3-1-7(5-11)2-4-11/h7-8H,1-6H2,(H,16,17,18). The lowest BCUT2D eigenvalue weighted by Gasteiger charge is -2.28. The molecule has 3 rings (SSSR count). The highest BCUT2D eigenvalue weighted by atomic mass is 32.2. The molecule has 19 heavy (non-hydrogen) atoms. The molecular formula is C12H15F3N2OS. The van der Waals surface area contributed by atoms with E-state index in [1.165, 1.54) is 12.8 Å². The zero-order valence-corrected chi connectivity index (χ0v) is 11.1. The molecule has 2 bridgehead atoms. The summed E-state index contributed by atoms with van der Waals surface area (Å²) in [4.78, 5) is 15.2. The molecule has 0 spiro atoms. The van der Waals surface area contributed by atoms with Gasteiger partial charge in [0.15, 0.2) is 5.17 Å². The van der Waals surface area contributed by atoms with Gasteiger partial charge in [-0.25, -0.2) is 0 Å². The fourth-order valence-electron chi connectivity index (χ4n) is 3.37. The normalized spacial score (nSPS) is 37.8. The van der Waals surface area contributed by atoms with Gasteiger partial charge in [0, 0.05) is 5.54 Å². The fraction of sp³-hybridized carbons (Fsp3) is 0.833. The third-order valence-electron chi connectivity index (χ3n) is 4.27. The van der Waals surface area contributed by atoms with E-state index in [0.29, 0.717) is 5.17 Å². The van der Waals surface area contributed by atoms with Crippen molar-refractivity contribution < 1.29 is 18.0 Å². The maximum absolute atomic E-state index is 12.3. The van der Waals surface area contributed by atoms with Crippen LogP contribution >= 0.6 is 11.8 Å². The highest BCUT2D eigenvalue weighted by Crippen LogP contribution is 2.48. The molecule has 1 amide bonds. The summed E-state index contributed by atoms with van der Waals surface area (Å²) in [7, 11) is 0. The van der Waals surface area contributed by atoms with Gasteiger partial charge in [0.05, 0.1) is 6.42 Å². The van der Waals surface area contributed by atoms with Gasteiger partial charge < -0.3 is 5.32 Å². The van der Waals surface area contributed by atoms with Crippen molar-refractivity contribution in [3.63, 3.8) is 0 Å². The molecule has 2 fully saturated rings. The van der Waals surface area contributed by atoms with Crippen LogP contribution in [0.5, 0.6) is 0 Å². The Morgan fingerprint density at radius 2 is 2.05 bits per heavy atom. The summed E-state index contributed by atoms with van der Waals surface area (Å²) < 4.78 is 37.0. The van der Waals surface area contributed by atoms with Crippen molar-refractivity contribution in [2.24, 2.45) is 10.9 Å². The largest absolute Gasteiger partial charge is 0.390 e. The number of thioether (sulfide) groups is 1. The fourth-order valence-corrected chi connectivity index (χ4v) is 4.49. The molecule has 0 radical (unpaired) electrons. The second-order valence-corrected chi connectivity index (χ2v) is 6.93. The monoisotopic (exact) mass is 292 g/mol. The Morgan fingerprint density at radius 1 is 1.37 bits per heavy atom. The van der Waals surface area contributed by atoms with E-state index in [4.69, 9.17) is 0 Å². The van der Waals surface area contributed by atoms with Crippen LogP contribution in [0.1, 0.15) is 38.5 Å². The van der Waals surface area contributed by atoms with Crippen molar-refractivity contribution in [3.05, 3.63) is 0 Å². The Labute approximate surface area is 113 Å². The molecule has 106 valence electrons. The molecule has 0 aromatic carbocycles. The van der Waals surface area contributed by atoms with Gasteiger partial charge in [-0.1, -0.05) is 11.8 Å². The molecule has 1 aliphatic heterocycles. The number of rotatable bonds is 2. The molecule has 3 aliphatic rings. The Kier molecular flexibility index (Phi) is 3.07. The Balaban J connectivity index is 1.62. The molecule has 7 heteroatoms. The van der Waals surface area contributed by atoms with Crippen LogP contribution in [0.4, 0.5) is 13.2 Å². The number of nitrogens with zero attached hydrogens (tertiary/aromatic N) is 1. The minimum absolute atomic E-state index is 0.0100. The highest BCUT2D eigenvalue weighted by molar-refractivity contribution is 8.15. The zero-order valence-electron chi connectivity index (χ0n) is 10.3. The Bertz CT molecular complexity index is 427. The van der Waals surface area contributed by atoms with Crippen LogP contribution in [-0.4, -0.2) is 28.0 Å². The van der Waals surface area contributed by atoms with Gasteiger partial charge in [-0.2, -0.15) is 18.2 Å². The van der Waals surface area contributed by atoms with Crippen molar-refractivity contribution in [3.8, 4) is 0 Å². The summed E-state index contributed by atoms with van der Waals surface area (Å²) in [5.41, 5.74) is -0.0100. The smallest absolute Gasteiger partial charge is 0.359 e. The van der Waals surface area contributed by atoms with Crippen molar-refractivity contribution in [2.45, 2.75) is 55.5 Å².